The number of carbonyl (C=O) groups excluding carboxylic acids is 1. The summed E-state index contributed by atoms with van der Waals surface area (Å²) in [7, 11) is 3.49. The minimum absolute atomic E-state index is 0.100. The van der Waals surface area contributed by atoms with Gasteiger partial charge in [0, 0.05) is 26.1 Å². The Hall–Kier alpha value is -1.55. The van der Waals surface area contributed by atoms with Gasteiger partial charge in [-0.1, -0.05) is 11.6 Å². The molecule has 4 nitrogen and oxygen atoms in total. The summed E-state index contributed by atoms with van der Waals surface area (Å²) in [5.74, 6) is 0.793. The molecule has 0 aromatic heterocycles. The summed E-state index contributed by atoms with van der Waals surface area (Å²) in [5.41, 5.74) is 1.88. The maximum atomic E-state index is 11.4. The first-order valence-corrected chi connectivity index (χ1v) is 6.53. The number of hydrogen-bond donors (Lipinski definition) is 1. The molecule has 0 aliphatic carbocycles. The van der Waals surface area contributed by atoms with Crippen molar-refractivity contribution in [2.24, 2.45) is 0 Å². The highest BCUT2D eigenvalue weighted by Crippen LogP contribution is 2.26. The molecule has 1 aromatic carbocycles. The van der Waals surface area contributed by atoms with Crippen LogP contribution in [0.5, 0.6) is 5.75 Å². The number of rotatable bonds is 6. The number of aliphatic hydroxyl groups is 1. The molecule has 1 aromatic rings. The first-order valence-electron chi connectivity index (χ1n) is 6.53. The Morgan fingerprint density at radius 3 is 2.68 bits per heavy atom. The fourth-order valence-corrected chi connectivity index (χ4v) is 1.75. The maximum absolute atomic E-state index is 11.4. The molecule has 0 aliphatic heterocycles. The minimum Gasteiger partial charge on any atom is -0.493 e. The second-order valence-corrected chi connectivity index (χ2v) is 4.96. The van der Waals surface area contributed by atoms with E-state index in [0.717, 1.165) is 11.1 Å². The van der Waals surface area contributed by atoms with E-state index >= 15 is 0 Å². The summed E-state index contributed by atoms with van der Waals surface area (Å²) in [5, 5.41) is 9.71. The average Bonchev–Trinajstić information content (AvgIpc) is 2.35. The smallest absolute Gasteiger partial charge is 0.222 e. The van der Waals surface area contributed by atoms with Crippen molar-refractivity contribution >= 4 is 5.91 Å². The van der Waals surface area contributed by atoms with Crippen LogP contribution in [-0.4, -0.2) is 36.6 Å². The van der Waals surface area contributed by atoms with Gasteiger partial charge in [-0.3, -0.25) is 4.79 Å². The third-order valence-electron chi connectivity index (χ3n) is 2.91. The molecule has 1 rings (SSSR count). The van der Waals surface area contributed by atoms with Crippen LogP contribution in [0.15, 0.2) is 18.2 Å². The highest BCUT2D eigenvalue weighted by atomic mass is 16.5. The zero-order chi connectivity index (χ0) is 14.4. The molecule has 19 heavy (non-hydrogen) atoms. The average molecular weight is 265 g/mol. The van der Waals surface area contributed by atoms with Crippen molar-refractivity contribution in [3.63, 3.8) is 0 Å². The first kappa shape index (κ1) is 15.5. The number of carbonyl (C=O) groups is 1. The van der Waals surface area contributed by atoms with E-state index in [-0.39, 0.29) is 5.91 Å². The summed E-state index contributed by atoms with van der Waals surface area (Å²) < 4.78 is 5.65. The Morgan fingerprint density at radius 2 is 2.11 bits per heavy atom. The minimum atomic E-state index is -0.557. The molecule has 0 bridgehead atoms. The number of aryl methyl sites for hydroxylation is 1. The molecule has 0 saturated carbocycles. The van der Waals surface area contributed by atoms with Gasteiger partial charge in [0.05, 0.1) is 12.7 Å². The zero-order valence-corrected chi connectivity index (χ0v) is 12.1. The van der Waals surface area contributed by atoms with Crippen LogP contribution in [0.3, 0.4) is 0 Å². The molecular weight excluding hydrogens is 242 g/mol. The van der Waals surface area contributed by atoms with Crippen molar-refractivity contribution in [1.82, 2.24) is 4.90 Å². The van der Waals surface area contributed by atoms with Gasteiger partial charge in [0.2, 0.25) is 5.91 Å². The maximum Gasteiger partial charge on any atom is 0.222 e. The van der Waals surface area contributed by atoms with Crippen LogP contribution in [0, 0.1) is 6.92 Å². The van der Waals surface area contributed by atoms with E-state index in [0.29, 0.717) is 25.2 Å². The van der Waals surface area contributed by atoms with E-state index in [4.69, 9.17) is 4.74 Å². The lowest BCUT2D eigenvalue weighted by atomic mass is 10.1. The molecule has 0 aliphatic rings. The van der Waals surface area contributed by atoms with Crippen LogP contribution in [0.1, 0.15) is 37.0 Å². The molecule has 0 fully saturated rings. The van der Waals surface area contributed by atoms with Crippen LogP contribution in [0.4, 0.5) is 0 Å². The fraction of sp³-hybridized carbons (Fsp3) is 0.533. The van der Waals surface area contributed by atoms with Crippen LogP contribution in [0.2, 0.25) is 0 Å². The molecule has 1 atom stereocenters. The second kappa shape index (κ2) is 7.14. The molecule has 106 valence electrons. The molecule has 1 N–H and O–H groups in total. The number of aliphatic hydroxyl groups excluding tert-OH is 1. The molecule has 1 unspecified atom stereocenters. The summed E-state index contributed by atoms with van der Waals surface area (Å²) in [4.78, 5) is 13.0. The normalized spacial score (nSPS) is 12.1. The second-order valence-electron chi connectivity index (χ2n) is 4.96. The lowest BCUT2D eigenvalue weighted by Crippen LogP contribution is -2.21. The molecule has 0 heterocycles. The van der Waals surface area contributed by atoms with Crippen molar-refractivity contribution in [1.29, 1.82) is 0 Å². The van der Waals surface area contributed by atoms with Crippen LogP contribution < -0.4 is 4.74 Å². The Morgan fingerprint density at radius 1 is 1.42 bits per heavy atom. The van der Waals surface area contributed by atoms with Gasteiger partial charge in [0.1, 0.15) is 5.75 Å². The van der Waals surface area contributed by atoms with E-state index in [1.807, 2.05) is 25.1 Å². The fourth-order valence-electron chi connectivity index (χ4n) is 1.75. The van der Waals surface area contributed by atoms with Gasteiger partial charge in [0.15, 0.2) is 0 Å². The van der Waals surface area contributed by atoms with Crippen molar-refractivity contribution in [2.75, 3.05) is 20.7 Å². The number of benzene rings is 1. The highest BCUT2D eigenvalue weighted by molar-refractivity contribution is 5.75. The topological polar surface area (TPSA) is 49.8 Å². The van der Waals surface area contributed by atoms with E-state index in [2.05, 4.69) is 0 Å². The third kappa shape index (κ3) is 4.91. The Bertz CT molecular complexity index is 427. The Labute approximate surface area is 115 Å². The monoisotopic (exact) mass is 265 g/mol. The number of nitrogens with zero attached hydrogens (tertiary/aromatic N) is 1. The van der Waals surface area contributed by atoms with Crippen LogP contribution in [0.25, 0.3) is 0 Å². The van der Waals surface area contributed by atoms with Gasteiger partial charge in [-0.05, 0) is 32.4 Å². The van der Waals surface area contributed by atoms with Crippen molar-refractivity contribution < 1.29 is 14.6 Å². The highest BCUT2D eigenvalue weighted by Gasteiger charge is 2.10. The molecule has 0 radical (unpaired) electrons. The van der Waals surface area contributed by atoms with Gasteiger partial charge in [-0.2, -0.15) is 0 Å². The number of hydrogen-bond acceptors (Lipinski definition) is 3. The third-order valence-corrected chi connectivity index (χ3v) is 2.91. The van der Waals surface area contributed by atoms with Gasteiger partial charge in [0.25, 0.3) is 0 Å². The molecule has 0 spiro atoms. The predicted octanol–water partition coefficient (Wildman–Crippen LogP) is 2.30. The van der Waals surface area contributed by atoms with E-state index in [1.54, 1.807) is 25.9 Å². The first-order chi connectivity index (χ1) is 8.91. The standard InChI is InChI=1S/C15H23NO3/c1-11-7-8-14(13(10-11)12(2)17)19-9-5-6-15(18)16(3)4/h7-8,10,12,17H,5-6,9H2,1-4H3. The van der Waals surface area contributed by atoms with Gasteiger partial charge >= 0.3 is 0 Å². The molecular formula is C15H23NO3. The zero-order valence-electron chi connectivity index (χ0n) is 12.1. The summed E-state index contributed by atoms with van der Waals surface area (Å²) >= 11 is 0. The van der Waals surface area contributed by atoms with Gasteiger partial charge < -0.3 is 14.7 Å². The summed E-state index contributed by atoms with van der Waals surface area (Å²) in [6.45, 7) is 4.17. The van der Waals surface area contributed by atoms with Crippen LogP contribution in [-0.2, 0) is 4.79 Å². The lowest BCUT2D eigenvalue weighted by Gasteiger charge is -2.15. The predicted molar refractivity (Wildman–Crippen MR) is 75.2 cm³/mol. The van der Waals surface area contributed by atoms with Crippen molar-refractivity contribution in [2.45, 2.75) is 32.8 Å². The van der Waals surface area contributed by atoms with E-state index < -0.39 is 6.10 Å². The molecule has 4 heteroatoms. The summed E-state index contributed by atoms with van der Waals surface area (Å²) in [6, 6.07) is 5.74. The van der Waals surface area contributed by atoms with Crippen molar-refractivity contribution in [3.05, 3.63) is 29.3 Å². The van der Waals surface area contributed by atoms with Crippen LogP contribution >= 0.6 is 0 Å². The summed E-state index contributed by atoms with van der Waals surface area (Å²) in [6.07, 6.45) is 0.589. The van der Waals surface area contributed by atoms with Gasteiger partial charge in [-0.15, -0.1) is 0 Å². The number of amides is 1. The lowest BCUT2D eigenvalue weighted by molar-refractivity contribution is -0.128. The quantitative estimate of drug-likeness (QED) is 0.803. The molecule has 1 amide bonds. The van der Waals surface area contributed by atoms with Crippen molar-refractivity contribution in [3.8, 4) is 5.75 Å². The van der Waals surface area contributed by atoms with E-state index in [1.165, 1.54) is 0 Å². The largest absolute Gasteiger partial charge is 0.493 e. The Kier molecular flexibility index (Phi) is 5.83. The van der Waals surface area contributed by atoms with Gasteiger partial charge in [-0.25, -0.2) is 0 Å². The SMILES string of the molecule is Cc1ccc(OCCCC(=O)N(C)C)c(C(C)O)c1. The van der Waals surface area contributed by atoms with E-state index in [9.17, 15) is 9.90 Å². The molecule has 0 saturated heterocycles. The number of ether oxygens (including phenoxy) is 1. The Balaban J connectivity index is 2.52.